The summed E-state index contributed by atoms with van der Waals surface area (Å²) in [6, 6.07) is 0. The summed E-state index contributed by atoms with van der Waals surface area (Å²) in [5.74, 6) is 0.769. The van der Waals surface area contributed by atoms with E-state index < -0.39 is 0 Å². The van der Waals surface area contributed by atoms with Crippen LogP contribution in [0.3, 0.4) is 0 Å². The first-order valence-corrected chi connectivity index (χ1v) is 6.44. The average Bonchev–Trinajstić information content (AvgIpc) is 2.30. The van der Waals surface area contributed by atoms with Gasteiger partial charge in [0.15, 0.2) is 0 Å². The number of carbonyl (C=O) groups excluding carboxylic acids is 1. The number of nitrogens with one attached hydrogen (secondary N) is 1. The van der Waals surface area contributed by atoms with Crippen molar-refractivity contribution in [3.8, 4) is 0 Å². The van der Waals surface area contributed by atoms with E-state index in [0.717, 1.165) is 19.6 Å². The highest BCUT2D eigenvalue weighted by Gasteiger charge is 2.24. The predicted octanol–water partition coefficient (Wildman–Crippen LogP) is 1.26. The van der Waals surface area contributed by atoms with Crippen LogP contribution in [0.1, 0.15) is 33.1 Å². The number of amides is 1. The molecule has 1 fully saturated rings. The van der Waals surface area contributed by atoms with E-state index in [0.29, 0.717) is 12.3 Å². The van der Waals surface area contributed by atoms with Crippen molar-refractivity contribution in [2.24, 2.45) is 5.92 Å². The Balaban J connectivity index is 2.35. The average molecular weight is 242 g/mol. The summed E-state index contributed by atoms with van der Waals surface area (Å²) in [7, 11) is 3.54. The van der Waals surface area contributed by atoms with Gasteiger partial charge in [-0.05, 0) is 45.7 Å². The Morgan fingerprint density at radius 1 is 1.53 bits per heavy atom. The van der Waals surface area contributed by atoms with Crippen molar-refractivity contribution >= 4 is 5.91 Å². The summed E-state index contributed by atoms with van der Waals surface area (Å²) in [5, 5.41) is 3.38. The zero-order valence-electron chi connectivity index (χ0n) is 11.6. The maximum atomic E-state index is 12.0. The molecule has 0 radical (unpaired) electrons. The molecule has 0 aromatic heterocycles. The molecule has 0 bridgehead atoms. The first-order valence-electron chi connectivity index (χ1n) is 6.44. The molecule has 0 saturated carbocycles. The first kappa shape index (κ1) is 14.5. The lowest BCUT2D eigenvalue weighted by molar-refractivity contribution is -0.135. The van der Waals surface area contributed by atoms with Gasteiger partial charge in [0.25, 0.3) is 0 Å². The molecule has 1 rings (SSSR count). The number of rotatable bonds is 5. The lowest BCUT2D eigenvalue weighted by Gasteiger charge is -2.30. The summed E-state index contributed by atoms with van der Waals surface area (Å²) in [5.41, 5.74) is -0.365. The van der Waals surface area contributed by atoms with Gasteiger partial charge in [-0.15, -0.1) is 0 Å². The molecule has 17 heavy (non-hydrogen) atoms. The summed E-state index contributed by atoms with van der Waals surface area (Å²) < 4.78 is 5.29. The maximum Gasteiger partial charge on any atom is 0.225 e. The van der Waals surface area contributed by atoms with Gasteiger partial charge in [-0.3, -0.25) is 4.79 Å². The smallest absolute Gasteiger partial charge is 0.225 e. The molecule has 1 unspecified atom stereocenters. The molecular weight excluding hydrogens is 216 g/mol. The van der Waals surface area contributed by atoms with E-state index in [1.54, 1.807) is 7.11 Å². The minimum Gasteiger partial charge on any atom is -0.378 e. The summed E-state index contributed by atoms with van der Waals surface area (Å²) >= 11 is 0. The Bertz CT molecular complexity index is 248. The van der Waals surface area contributed by atoms with Crippen LogP contribution < -0.4 is 5.32 Å². The molecule has 1 heterocycles. The van der Waals surface area contributed by atoms with Crippen LogP contribution in [0.5, 0.6) is 0 Å². The number of carbonyl (C=O) groups is 1. The van der Waals surface area contributed by atoms with E-state index in [2.05, 4.69) is 5.32 Å². The molecule has 1 aliphatic rings. The third-order valence-corrected chi connectivity index (χ3v) is 3.49. The van der Waals surface area contributed by atoms with E-state index in [-0.39, 0.29) is 11.5 Å². The van der Waals surface area contributed by atoms with E-state index in [4.69, 9.17) is 4.74 Å². The topological polar surface area (TPSA) is 41.6 Å². The molecular formula is C13H26N2O2. The standard InChI is InChI=1S/C13H26N2O2/c1-13(2,17-4)8-12(16)15(3)10-11-6-5-7-14-9-11/h11,14H,5-10H2,1-4H3. The van der Waals surface area contributed by atoms with Crippen molar-refractivity contribution in [2.75, 3.05) is 33.8 Å². The zero-order valence-corrected chi connectivity index (χ0v) is 11.6. The van der Waals surface area contributed by atoms with Crippen LogP contribution in [-0.4, -0.2) is 50.2 Å². The zero-order chi connectivity index (χ0) is 12.9. The SMILES string of the molecule is COC(C)(C)CC(=O)N(C)CC1CCCNC1. The number of nitrogens with zero attached hydrogens (tertiary/aromatic N) is 1. The minimum atomic E-state index is -0.365. The fraction of sp³-hybridized carbons (Fsp3) is 0.923. The van der Waals surface area contributed by atoms with E-state index in [1.807, 2.05) is 25.8 Å². The van der Waals surface area contributed by atoms with E-state index in [9.17, 15) is 4.79 Å². The van der Waals surface area contributed by atoms with Crippen LogP contribution in [0.15, 0.2) is 0 Å². The molecule has 1 atom stereocenters. The van der Waals surface area contributed by atoms with Crippen molar-refractivity contribution in [1.82, 2.24) is 10.2 Å². The van der Waals surface area contributed by atoms with E-state index >= 15 is 0 Å². The predicted molar refractivity (Wildman–Crippen MR) is 68.9 cm³/mol. The molecule has 4 heteroatoms. The number of hydrogen-bond donors (Lipinski definition) is 1. The van der Waals surface area contributed by atoms with Crippen molar-refractivity contribution in [3.63, 3.8) is 0 Å². The van der Waals surface area contributed by atoms with Crippen molar-refractivity contribution < 1.29 is 9.53 Å². The lowest BCUT2D eigenvalue weighted by atomic mass is 9.98. The lowest BCUT2D eigenvalue weighted by Crippen LogP contribution is -2.41. The van der Waals surface area contributed by atoms with Gasteiger partial charge in [-0.2, -0.15) is 0 Å². The summed E-state index contributed by atoms with van der Waals surface area (Å²) in [6.45, 7) is 6.89. The third kappa shape index (κ3) is 5.04. The molecule has 1 aliphatic heterocycles. The van der Waals surface area contributed by atoms with Gasteiger partial charge < -0.3 is 15.0 Å². The molecule has 0 aromatic carbocycles. The quantitative estimate of drug-likeness (QED) is 0.789. The minimum absolute atomic E-state index is 0.169. The van der Waals surface area contributed by atoms with Gasteiger partial charge in [0.05, 0.1) is 12.0 Å². The van der Waals surface area contributed by atoms with Gasteiger partial charge in [0.2, 0.25) is 5.91 Å². The highest BCUT2D eigenvalue weighted by atomic mass is 16.5. The molecule has 0 spiro atoms. The highest BCUT2D eigenvalue weighted by Crippen LogP contribution is 2.16. The molecule has 1 saturated heterocycles. The molecule has 4 nitrogen and oxygen atoms in total. The number of methoxy groups -OCH3 is 1. The molecule has 0 aromatic rings. The van der Waals surface area contributed by atoms with Crippen LogP contribution in [-0.2, 0) is 9.53 Å². The molecule has 100 valence electrons. The highest BCUT2D eigenvalue weighted by molar-refractivity contribution is 5.76. The van der Waals surface area contributed by atoms with Crippen molar-refractivity contribution in [2.45, 2.75) is 38.7 Å². The van der Waals surface area contributed by atoms with Crippen molar-refractivity contribution in [1.29, 1.82) is 0 Å². The second-order valence-electron chi connectivity index (χ2n) is 5.63. The third-order valence-electron chi connectivity index (χ3n) is 3.49. The normalized spacial score (nSPS) is 21.3. The van der Waals surface area contributed by atoms with Crippen LogP contribution in [0.25, 0.3) is 0 Å². The fourth-order valence-electron chi connectivity index (χ4n) is 2.14. The van der Waals surface area contributed by atoms with Crippen LogP contribution in [0, 0.1) is 5.92 Å². The molecule has 0 aliphatic carbocycles. The Kier molecular flexibility index (Phi) is 5.40. The van der Waals surface area contributed by atoms with E-state index in [1.165, 1.54) is 12.8 Å². The van der Waals surface area contributed by atoms with Gasteiger partial charge in [0, 0.05) is 20.7 Å². The Labute approximate surface area is 105 Å². The fourth-order valence-corrected chi connectivity index (χ4v) is 2.14. The Morgan fingerprint density at radius 3 is 2.76 bits per heavy atom. The van der Waals surface area contributed by atoms with Gasteiger partial charge in [-0.1, -0.05) is 0 Å². The second kappa shape index (κ2) is 6.36. The number of hydrogen-bond acceptors (Lipinski definition) is 3. The second-order valence-corrected chi connectivity index (χ2v) is 5.63. The number of ether oxygens (including phenoxy) is 1. The molecule has 1 amide bonds. The summed E-state index contributed by atoms with van der Waals surface area (Å²) in [6.07, 6.45) is 2.88. The first-order chi connectivity index (χ1) is 7.94. The van der Waals surface area contributed by atoms with Crippen LogP contribution in [0.2, 0.25) is 0 Å². The Hall–Kier alpha value is -0.610. The van der Waals surface area contributed by atoms with Gasteiger partial charge in [0.1, 0.15) is 0 Å². The van der Waals surface area contributed by atoms with Gasteiger partial charge >= 0.3 is 0 Å². The van der Waals surface area contributed by atoms with Crippen LogP contribution in [0.4, 0.5) is 0 Å². The van der Waals surface area contributed by atoms with Gasteiger partial charge in [-0.25, -0.2) is 0 Å². The Morgan fingerprint density at radius 2 is 2.24 bits per heavy atom. The number of piperidine rings is 1. The monoisotopic (exact) mass is 242 g/mol. The van der Waals surface area contributed by atoms with Crippen LogP contribution >= 0.6 is 0 Å². The van der Waals surface area contributed by atoms with Crippen molar-refractivity contribution in [3.05, 3.63) is 0 Å². The maximum absolute atomic E-state index is 12.0. The largest absolute Gasteiger partial charge is 0.378 e. The summed E-state index contributed by atoms with van der Waals surface area (Å²) in [4.78, 5) is 13.9. The molecule has 1 N–H and O–H groups in total.